The number of nitrogens with one attached hydrogen (secondary N) is 1. The number of aryl methyl sites for hydroxylation is 1. The molecule has 0 atom stereocenters. The van der Waals surface area contributed by atoms with Crippen LogP contribution in [0.3, 0.4) is 0 Å². The van der Waals surface area contributed by atoms with Crippen molar-refractivity contribution in [1.82, 2.24) is 14.9 Å². The van der Waals surface area contributed by atoms with E-state index in [1.54, 1.807) is 6.07 Å². The van der Waals surface area contributed by atoms with E-state index in [1.807, 2.05) is 4.57 Å². The average Bonchev–Trinajstić information content (AvgIpc) is 2.93. The Labute approximate surface area is 165 Å². The average molecular weight is 413 g/mol. The molecular formula is C18H28N4O3S2. The van der Waals surface area contributed by atoms with E-state index in [1.165, 1.54) is 23.9 Å². The Hall–Kier alpha value is -1.58. The summed E-state index contributed by atoms with van der Waals surface area (Å²) in [7, 11) is -3.78. The zero-order valence-electron chi connectivity index (χ0n) is 16.1. The van der Waals surface area contributed by atoms with Crippen LogP contribution in [0.4, 0.5) is 0 Å². The van der Waals surface area contributed by atoms with E-state index in [0.29, 0.717) is 23.1 Å². The molecule has 0 fully saturated rings. The lowest BCUT2D eigenvalue weighted by Crippen LogP contribution is -2.27. The van der Waals surface area contributed by atoms with Crippen LogP contribution < -0.4 is 10.5 Å². The number of hydrogen-bond donors (Lipinski definition) is 2. The van der Waals surface area contributed by atoms with Gasteiger partial charge in [-0.05, 0) is 37.0 Å². The number of nitrogens with two attached hydrogens (primary N) is 1. The SMILES string of the molecule is CCCCn1c(SCC(=O)NCCC(C)C)nc2cc(S(N)(=O)=O)ccc21. The molecule has 2 rings (SSSR count). The molecular weight excluding hydrogens is 384 g/mol. The van der Waals surface area contributed by atoms with Gasteiger partial charge in [-0.1, -0.05) is 39.0 Å². The quantitative estimate of drug-likeness (QED) is 0.584. The van der Waals surface area contributed by atoms with Crippen LogP contribution in [-0.4, -0.2) is 36.2 Å². The van der Waals surface area contributed by atoms with Crippen LogP contribution in [0, 0.1) is 5.92 Å². The lowest BCUT2D eigenvalue weighted by Gasteiger charge is -2.09. The Morgan fingerprint density at radius 2 is 2.11 bits per heavy atom. The first-order chi connectivity index (χ1) is 12.7. The van der Waals surface area contributed by atoms with Crippen LogP contribution in [0.2, 0.25) is 0 Å². The van der Waals surface area contributed by atoms with Crippen LogP contribution in [0.5, 0.6) is 0 Å². The fraction of sp³-hybridized carbons (Fsp3) is 0.556. The van der Waals surface area contributed by atoms with Crippen LogP contribution >= 0.6 is 11.8 Å². The Bertz CT molecular complexity index is 891. The molecule has 1 amide bonds. The van der Waals surface area contributed by atoms with Crippen LogP contribution in [0.25, 0.3) is 11.0 Å². The van der Waals surface area contributed by atoms with Crippen molar-refractivity contribution in [1.29, 1.82) is 0 Å². The number of unbranched alkanes of at least 4 members (excludes halogenated alkanes) is 1. The second-order valence-corrected chi connectivity index (χ2v) is 9.42. The standard InChI is InChI=1S/C18H28N4O3S2/c1-4-5-10-22-16-7-6-14(27(19,24)25)11-15(16)21-18(22)26-12-17(23)20-9-8-13(2)3/h6-7,11,13H,4-5,8-10,12H2,1-3H3,(H,20,23)(H2,19,24,25). The van der Waals surface area contributed by atoms with Crippen molar-refractivity contribution in [3.05, 3.63) is 18.2 Å². The smallest absolute Gasteiger partial charge is 0.238 e. The topological polar surface area (TPSA) is 107 Å². The second kappa shape index (κ2) is 9.57. The van der Waals surface area contributed by atoms with Crippen molar-refractivity contribution >= 4 is 38.7 Å². The van der Waals surface area contributed by atoms with Crippen molar-refractivity contribution in [2.24, 2.45) is 11.1 Å². The van der Waals surface area contributed by atoms with Crippen LogP contribution in [0.15, 0.2) is 28.3 Å². The van der Waals surface area contributed by atoms with Gasteiger partial charge in [0.2, 0.25) is 15.9 Å². The van der Waals surface area contributed by atoms with E-state index < -0.39 is 10.0 Å². The maximum absolute atomic E-state index is 12.1. The van der Waals surface area contributed by atoms with Gasteiger partial charge in [-0.2, -0.15) is 0 Å². The number of carbonyl (C=O) groups is 1. The third-order valence-electron chi connectivity index (χ3n) is 4.12. The number of nitrogens with zero attached hydrogens (tertiary/aromatic N) is 2. The molecule has 3 N–H and O–H groups in total. The Morgan fingerprint density at radius 3 is 2.74 bits per heavy atom. The number of amides is 1. The lowest BCUT2D eigenvalue weighted by molar-refractivity contribution is -0.118. The largest absolute Gasteiger partial charge is 0.355 e. The number of sulfonamides is 1. The second-order valence-electron chi connectivity index (χ2n) is 6.92. The van der Waals surface area contributed by atoms with Crippen LogP contribution in [0.1, 0.15) is 40.0 Å². The molecule has 1 aromatic heterocycles. The summed E-state index contributed by atoms with van der Waals surface area (Å²) >= 11 is 1.36. The van der Waals surface area contributed by atoms with Gasteiger partial charge in [0.25, 0.3) is 0 Å². The van der Waals surface area contributed by atoms with Crippen LogP contribution in [-0.2, 0) is 21.4 Å². The van der Waals surface area contributed by atoms with Gasteiger partial charge in [0, 0.05) is 13.1 Å². The Kier molecular flexibility index (Phi) is 7.69. The van der Waals surface area contributed by atoms with E-state index in [4.69, 9.17) is 5.14 Å². The highest BCUT2D eigenvalue weighted by molar-refractivity contribution is 7.99. The predicted molar refractivity (Wildman–Crippen MR) is 109 cm³/mol. The highest BCUT2D eigenvalue weighted by atomic mass is 32.2. The molecule has 0 saturated carbocycles. The first kappa shape index (κ1) is 21.7. The number of imidazole rings is 1. The number of fused-ring (bicyclic) bond motifs is 1. The van der Waals surface area contributed by atoms with Crippen molar-refractivity contribution in [3.63, 3.8) is 0 Å². The number of thioether (sulfide) groups is 1. The Morgan fingerprint density at radius 1 is 1.37 bits per heavy atom. The third-order valence-corrected chi connectivity index (χ3v) is 6.01. The molecule has 0 aliphatic heterocycles. The van der Waals surface area contributed by atoms with Gasteiger partial charge < -0.3 is 9.88 Å². The number of aromatic nitrogens is 2. The molecule has 0 radical (unpaired) electrons. The minimum Gasteiger partial charge on any atom is -0.355 e. The monoisotopic (exact) mass is 412 g/mol. The maximum Gasteiger partial charge on any atom is 0.238 e. The molecule has 9 heteroatoms. The highest BCUT2D eigenvalue weighted by Gasteiger charge is 2.16. The van der Waals surface area contributed by atoms with Crippen molar-refractivity contribution < 1.29 is 13.2 Å². The van der Waals surface area contributed by atoms with E-state index in [0.717, 1.165) is 31.3 Å². The van der Waals surface area contributed by atoms with Crippen molar-refractivity contribution in [2.45, 2.75) is 56.6 Å². The summed E-state index contributed by atoms with van der Waals surface area (Å²) in [6.07, 6.45) is 2.94. The molecule has 0 bridgehead atoms. The molecule has 1 heterocycles. The van der Waals surface area contributed by atoms with Gasteiger partial charge in [0.15, 0.2) is 5.16 Å². The summed E-state index contributed by atoms with van der Waals surface area (Å²) in [6.45, 7) is 7.77. The third kappa shape index (κ3) is 6.22. The molecule has 7 nitrogen and oxygen atoms in total. The van der Waals surface area contributed by atoms with E-state index >= 15 is 0 Å². The molecule has 150 valence electrons. The summed E-state index contributed by atoms with van der Waals surface area (Å²) in [5.41, 5.74) is 1.42. The Balaban J connectivity index is 2.19. The van der Waals surface area contributed by atoms with Gasteiger partial charge >= 0.3 is 0 Å². The van der Waals surface area contributed by atoms with Gasteiger partial charge in [0.05, 0.1) is 21.7 Å². The number of rotatable bonds is 10. The van der Waals surface area contributed by atoms with Gasteiger partial charge in [-0.25, -0.2) is 18.5 Å². The minimum absolute atomic E-state index is 0.0278. The normalized spacial score (nSPS) is 12.0. The summed E-state index contributed by atoms with van der Waals surface area (Å²) < 4.78 is 25.2. The predicted octanol–water partition coefficient (Wildman–Crippen LogP) is 2.74. The molecule has 2 aromatic rings. The lowest BCUT2D eigenvalue weighted by atomic mass is 10.1. The summed E-state index contributed by atoms with van der Waals surface area (Å²) in [5.74, 6) is 0.791. The fourth-order valence-electron chi connectivity index (χ4n) is 2.59. The molecule has 0 unspecified atom stereocenters. The van der Waals surface area contributed by atoms with E-state index in [2.05, 4.69) is 31.1 Å². The van der Waals surface area contributed by atoms with Crippen molar-refractivity contribution in [3.8, 4) is 0 Å². The summed E-state index contributed by atoms with van der Waals surface area (Å²) in [4.78, 5) is 16.6. The highest BCUT2D eigenvalue weighted by Crippen LogP contribution is 2.26. The molecule has 0 aliphatic carbocycles. The first-order valence-electron chi connectivity index (χ1n) is 9.15. The van der Waals surface area contributed by atoms with Gasteiger partial charge in [-0.3, -0.25) is 4.79 Å². The molecule has 0 aliphatic rings. The first-order valence-corrected chi connectivity index (χ1v) is 11.7. The summed E-state index contributed by atoms with van der Waals surface area (Å²) in [6, 6.07) is 4.71. The number of carbonyl (C=O) groups excluding carboxylic acids is 1. The molecule has 0 saturated heterocycles. The van der Waals surface area contributed by atoms with E-state index in [-0.39, 0.29) is 16.6 Å². The molecule has 0 spiro atoms. The van der Waals surface area contributed by atoms with E-state index in [9.17, 15) is 13.2 Å². The fourth-order valence-corrected chi connectivity index (χ4v) is 3.99. The summed E-state index contributed by atoms with van der Waals surface area (Å²) in [5, 5.41) is 8.85. The maximum atomic E-state index is 12.1. The minimum atomic E-state index is -3.78. The van der Waals surface area contributed by atoms with Crippen molar-refractivity contribution in [2.75, 3.05) is 12.3 Å². The molecule has 27 heavy (non-hydrogen) atoms. The number of primary sulfonamides is 1. The molecule has 1 aromatic carbocycles. The van der Waals surface area contributed by atoms with Gasteiger partial charge in [0.1, 0.15) is 0 Å². The number of hydrogen-bond acceptors (Lipinski definition) is 5. The number of benzene rings is 1. The zero-order valence-corrected chi connectivity index (χ0v) is 17.7. The zero-order chi connectivity index (χ0) is 20.0. The van der Waals surface area contributed by atoms with Gasteiger partial charge in [-0.15, -0.1) is 0 Å².